The second-order valence-electron chi connectivity index (χ2n) is 8.77. The SMILES string of the molecule is Cc1cc(Br)c(Cl)cc1NC(=O)CCCCCN1C(=O)[C@@H]2[C@H]3C[C@H]([C@H](Br)[C@@H]3Br)[C@@H]2C1=O. The second kappa shape index (κ2) is 9.43. The number of fused-ring (bicyclic) bond motifs is 5. The summed E-state index contributed by atoms with van der Waals surface area (Å²) in [5.41, 5.74) is 1.65. The fraction of sp³-hybridized carbons (Fsp3) is 0.591. The Morgan fingerprint density at radius 2 is 1.71 bits per heavy atom. The third-order valence-electron chi connectivity index (χ3n) is 6.91. The topological polar surface area (TPSA) is 66.5 Å². The van der Waals surface area contributed by atoms with Crippen molar-refractivity contribution in [3.8, 4) is 0 Å². The molecule has 1 heterocycles. The molecule has 3 aliphatic rings. The van der Waals surface area contributed by atoms with E-state index in [4.69, 9.17) is 11.6 Å². The van der Waals surface area contributed by atoms with E-state index in [9.17, 15) is 14.4 Å². The van der Waals surface area contributed by atoms with Gasteiger partial charge in [0, 0.05) is 32.8 Å². The second-order valence-corrected chi connectivity index (χ2v) is 12.1. The van der Waals surface area contributed by atoms with Crippen molar-refractivity contribution >= 4 is 82.8 Å². The highest BCUT2D eigenvalue weighted by Gasteiger charge is 2.66. The molecule has 3 fully saturated rings. The molecule has 1 saturated heterocycles. The molecule has 2 saturated carbocycles. The maximum absolute atomic E-state index is 12.9. The minimum absolute atomic E-state index is 0.00619. The van der Waals surface area contributed by atoms with Gasteiger partial charge in [-0.3, -0.25) is 19.3 Å². The van der Waals surface area contributed by atoms with Crippen LogP contribution in [-0.2, 0) is 14.4 Å². The van der Waals surface area contributed by atoms with E-state index in [-0.39, 0.29) is 51.0 Å². The summed E-state index contributed by atoms with van der Waals surface area (Å²) in [5, 5.41) is 3.46. The summed E-state index contributed by atoms with van der Waals surface area (Å²) in [5.74, 6) is 0.149. The lowest BCUT2D eigenvalue weighted by molar-refractivity contribution is -0.140. The van der Waals surface area contributed by atoms with Crippen LogP contribution in [0.1, 0.15) is 37.7 Å². The van der Waals surface area contributed by atoms with E-state index in [0.717, 1.165) is 29.3 Å². The van der Waals surface area contributed by atoms with Gasteiger partial charge in [-0.2, -0.15) is 0 Å². The Balaban J connectivity index is 1.22. The number of benzene rings is 1. The van der Waals surface area contributed by atoms with Crippen LogP contribution in [0.15, 0.2) is 16.6 Å². The number of rotatable bonds is 7. The standard InChI is InChI=1S/C22H24Br3ClN2O3/c1-10-7-13(23)14(26)9-15(10)27-16(29)5-3-2-4-6-28-21(30)17-11-8-12(18(17)22(28)31)20(25)19(11)24/h7,9,11-12,17-20H,2-6,8H2,1H3,(H,27,29)/t11-,12+,17-,18+,19-,20+. The fourth-order valence-corrected chi connectivity index (χ4v) is 7.85. The third-order valence-corrected chi connectivity index (χ3v) is 11.3. The van der Waals surface area contributed by atoms with Gasteiger partial charge in [0.1, 0.15) is 0 Å². The number of hydrogen-bond acceptors (Lipinski definition) is 3. The molecule has 31 heavy (non-hydrogen) atoms. The van der Waals surface area contributed by atoms with Crippen LogP contribution in [0.4, 0.5) is 5.69 Å². The Kier molecular flexibility index (Phi) is 7.21. The average molecular weight is 640 g/mol. The molecule has 2 bridgehead atoms. The Morgan fingerprint density at radius 3 is 2.32 bits per heavy atom. The minimum atomic E-state index is -0.151. The Morgan fingerprint density at radius 1 is 1.10 bits per heavy atom. The van der Waals surface area contributed by atoms with Gasteiger partial charge in [-0.1, -0.05) is 49.9 Å². The molecule has 9 heteroatoms. The van der Waals surface area contributed by atoms with Crippen LogP contribution < -0.4 is 5.32 Å². The maximum Gasteiger partial charge on any atom is 0.233 e. The zero-order valence-corrected chi connectivity index (χ0v) is 22.6. The van der Waals surface area contributed by atoms with Gasteiger partial charge in [0.05, 0.1) is 16.9 Å². The highest BCUT2D eigenvalue weighted by atomic mass is 79.9. The van der Waals surface area contributed by atoms with Crippen LogP contribution in [0.2, 0.25) is 5.02 Å². The van der Waals surface area contributed by atoms with E-state index < -0.39 is 0 Å². The fourth-order valence-electron chi connectivity index (χ4n) is 5.36. The first-order chi connectivity index (χ1) is 14.7. The summed E-state index contributed by atoms with van der Waals surface area (Å²) in [6, 6.07) is 3.61. The van der Waals surface area contributed by atoms with Gasteiger partial charge in [-0.15, -0.1) is 0 Å². The largest absolute Gasteiger partial charge is 0.326 e. The van der Waals surface area contributed by atoms with Gasteiger partial charge in [-0.25, -0.2) is 0 Å². The van der Waals surface area contributed by atoms with Crippen LogP contribution in [0.25, 0.3) is 0 Å². The summed E-state index contributed by atoms with van der Waals surface area (Å²) >= 11 is 16.9. The first-order valence-electron chi connectivity index (χ1n) is 10.6. The first-order valence-corrected chi connectivity index (χ1v) is 13.6. The molecule has 0 aromatic heterocycles. The van der Waals surface area contributed by atoms with Crippen LogP contribution in [-0.4, -0.2) is 38.8 Å². The number of nitrogens with zero attached hydrogens (tertiary/aromatic N) is 1. The number of carbonyl (C=O) groups is 3. The van der Waals surface area contributed by atoms with Crippen LogP contribution in [0.3, 0.4) is 0 Å². The zero-order valence-electron chi connectivity index (χ0n) is 17.0. The molecular weight excluding hydrogens is 615 g/mol. The summed E-state index contributed by atoms with van der Waals surface area (Å²) in [7, 11) is 0. The van der Waals surface area contributed by atoms with Crippen molar-refractivity contribution in [3.63, 3.8) is 0 Å². The van der Waals surface area contributed by atoms with E-state index in [1.807, 2.05) is 13.0 Å². The molecule has 1 aliphatic heterocycles. The van der Waals surface area contributed by atoms with Gasteiger partial charge < -0.3 is 5.32 Å². The van der Waals surface area contributed by atoms with E-state index in [1.54, 1.807) is 6.07 Å². The predicted octanol–water partition coefficient (Wildman–Crippen LogP) is 5.69. The molecule has 2 aliphatic carbocycles. The number of alkyl halides is 2. The molecule has 168 valence electrons. The molecule has 1 aromatic carbocycles. The lowest BCUT2D eigenvalue weighted by atomic mass is 9.81. The Labute approximate surface area is 212 Å². The summed E-state index contributed by atoms with van der Waals surface area (Å²) in [6.45, 7) is 2.37. The van der Waals surface area contributed by atoms with Gasteiger partial charge in [-0.05, 0) is 71.6 Å². The van der Waals surface area contributed by atoms with E-state index >= 15 is 0 Å². The number of likely N-dealkylation sites (tertiary alicyclic amines) is 1. The molecule has 1 N–H and O–H groups in total. The number of hydrogen-bond donors (Lipinski definition) is 1. The van der Waals surface area contributed by atoms with Crippen molar-refractivity contribution in [2.75, 3.05) is 11.9 Å². The van der Waals surface area contributed by atoms with Crippen molar-refractivity contribution in [1.29, 1.82) is 0 Å². The number of unbranched alkanes of at least 4 members (excludes halogenated alkanes) is 2. The number of anilines is 1. The lowest BCUT2D eigenvalue weighted by Crippen LogP contribution is -2.37. The number of aryl methyl sites for hydroxylation is 1. The highest BCUT2D eigenvalue weighted by molar-refractivity contribution is 9.12. The quantitative estimate of drug-likeness (QED) is 0.237. The van der Waals surface area contributed by atoms with Crippen LogP contribution in [0, 0.1) is 30.6 Å². The van der Waals surface area contributed by atoms with Crippen LogP contribution in [0.5, 0.6) is 0 Å². The molecule has 0 spiro atoms. The average Bonchev–Trinajstić information content (AvgIpc) is 3.32. The minimum Gasteiger partial charge on any atom is -0.326 e. The predicted molar refractivity (Wildman–Crippen MR) is 132 cm³/mol. The molecule has 4 rings (SSSR count). The van der Waals surface area contributed by atoms with Crippen molar-refractivity contribution in [1.82, 2.24) is 4.90 Å². The van der Waals surface area contributed by atoms with Gasteiger partial charge in [0.2, 0.25) is 17.7 Å². The van der Waals surface area contributed by atoms with Crippen molar-refractivity contribution < 1.29 is 14.4 Å². The number of halogens is 4. The monoisotopic (exact) mass is 636 g/mol. The van der Waals surface area contributed by atoms with Crippen molar-refractivity contribution in [2.24, 2.45) is 23.7 Å². The Bertz CT molecular complexity index is 896. The molecule has 0 radical (unpaired) electrons. The molecule has 1 aromatic rings. The molecule has 0 unspecified atom stereocenters. The van der Waals surface area contributed by atoms with E-state index in [1.165, 1.54) is 4.90 Å². The lowest BCUT2D eigenvalue weighted by Gasteiger charge is -2.28. The van der Waals surface area contributed by atoms with Crippen molar-refractivity contribution in [3.05, 3.63) is 27.2 Å². The van der Waals surface area contributed by atoms with Gasteiger partial charge in [0.25, 0.3) is 0 Å². The zero-order chi connectivity index (χ0) is 22.4. The van der Waals surface area contributed by atoms with Gasteiger partial charge >= 0.3 is 0 Å². The first kappa shape index (κ1) is 23.7. The summed E-state index contributed by atoms with van der Waals surface area (Å²) in [6.07, 6.45) is 3.55. The number of nitrogens with one attached hydrogen (secondary N) is 1. The van der Waals surface area contributed by atoms with Crippen molar-refractivity contribution in [2.45, 2.75) is 48.7 Å². The molecule has 6 atom stereocenters. The smallest absolute Gasteiger partial charge is 0.233 e. The molecule has 5 nitrogen and oxygen atoms in total. The summed E-state index contributed by atoms with van der Waals surface area (Å²) in [4.78, 5) is 40.0. The van der Waals surface area contributed by atoms with Crippen LogP contribution >= 0.6 is 59.4 Å². The van der Waals surface area contributed by atoms with E-state index in [2.05, 4.69) is 53.1 Å². The normalized spacial score (nSPS) is 31.5. The number of carbonyl (C=O) groups excluding carboxylic acids is 3. The number of amides is 3. The summed E-state index contributed by atoms with van der Waals surface area (Å²) < 4.78 is 0.797. The highest BCUT2D eigenvalue weighted by Crippen LogP contribution is 2.60. The molecular formula is C22H24Br3ClN2O3. The van der Waals surface area contributed by atoms with Gasteiger partial charge in [0.15, 0.2) is 0 Å². The van der Waals surface area contributed by atoms with E-state index in [0.29, 0.717) is 30.1 Å². The number of imide groups is 1. The Hall–Kier alpha value is -0.440. The third kappa shape index (κ3) is 4.38. The maximum atomic E-state index is 12.9. The molecule has 3 amide bonds.